The molecule has 0 spiro atoms. The molecule has 0 radical (unpaired) electrons. The Labute approximate surface area is 176 Å². The third kappa shape index (κ3) is 2.63. The van der Waals surface area contributed by atoms with Crippen LogP contribution in [0.25, 0.3) is 27.4 Å². The quantitative estimate of drug-likeness (QED) is 0.521. The monoisotopic (exact) mass is 413 g/mol. The van der Waals surface area contributed by atoms with Crippen molar-refractivity contribution in [1.82, 2.24) is 9.36 Å². The van der Waals surface area contributed by atoms with E-state index in [2.05, 4.69) is 0 Å². The number of carbonyl (C=O) groups is 1. The van der Waals surface area contributed by atoms with E-state index < -0.39 is 23.1 Å². The van der Waals surface area contributed by atoms with Crippen molar-refractivity contribution in [2.75, 3.05) is 6.61 Å². The number of aromatic nitrogens is 2. The average molecular weight is 413 g/mol. The number of nitrogens with two attached hydrogens (primary N) is 1. The second-order valence-electron chi connectivity index (χ2n) is 7.30. The summed E-state index contributed by atoms with van der Waals surface area (Å²) in [6.07, 6.45) is 0. The molecule has 2 heterocycles. The summed E-state index contributed by atoms with van der Waals surface area (Å²) in [5.41, 5.74) is 6.23. The van der Waals surface area contributed by atoms with Gasteiger partial charge in [0.1, 0.15) is 17.4 Å². The number of hydrogen-bond acceptors (Lipinski definition) is 5. The van der Waals surface area contributed by atoms with E-state index in [1.807, 2.05) is 42.5 Å². The molecule has 1 atom stereocenters. The van der Waals surface area contributed by atoms with Crippen molar-refractivity contribution < 1.29 is 9.53 Å². The SMILES string of the molecule is CCOC(=O)C1=C(N)n2c(=O)c3ccccc3c(=O)n2C1c1cccc2ccccc12. The van der Waals surface area contributed by atoms with Crippen molar-refractivity contribution in [3.05, 3.63) is 98.6 Å². The zero-order chi connectivity index (χ0) is 21.7. The van der Waals surface area contributed by atoms with Gasteiger partial charge < -0.3 is 10.5 Å². The summed E-state index contributed by atoms with van der Waals surface area (Å²) in [6, 6.07) is 19.0. The number of ether oxygens (including phenoxy) is 1. The van der Waals surface area contributed by atoms with Crippen LogP contribution >= 0.6 is 0 Å². The fourth-order valence-corrected chi connectivity index (χ4v) is 4.32. The number of rotatable bonds is 3. The maximum atomic E-state index is 13.5. The third-order valence-corrected chi connectivity index (χ3v) is 5.64. The van der Waals surface area contributed by atoms with E-state index in [4.69, 9.17) is 10.5 Å². The molecule has 4 aromatic rings. The summed E-state index contributed by atoms with van der Waals surface area (Å²) in [4.78, 5) is 39.8. The van der Waals surface area contributed by atoms with Gasteiger partial charge in [0.15, 0.2) is 0 Å². The van der Waals surface area contributed by atoms with Crippen molar-refractivity contribution >= 4 is 33.3 Å². The molecule has 5 rings (SSSR count). The fourth-order valence-electron chi connectivity index (χ4n) is 4.32. The maximum Gasteiger partial charge on any atom is 0.340 e. The first-order chi connectivity index (χ1) is 15.0. The fraction of sp³-hybridized carbons (Fsp3) is 0.125. The normalized spacial score (nSPS) is 15.5. The lowest BCUT2D eigenvalue weighted by Crippen LogP contribution is -2.38. The van der Waals surface area contributed by atoms with Crippen molar-refractivity contribution in [2.45, 2.75) is 13.0 Å². The molecule has 1 aromatic heterocycles. The van der Waals surface area contributed by atoms with E-state index in [9.17, 15) is 14.4 Å². The molecule has 2 N–H and O–H groups in total. The van der Waals surface area contributed by atoms with Crippen LogP contribution in [0.3, 0.4) is 0 Å². The first-order valence-electron chi connectivity index (χ1n) is 9.96. The van der Waals surface area contributed by atoms with Crippen LogP contribution in [-0.4, -0.2) is 21.9 Å². The molecular weight excluding hydrogens is 394 g/mol. The zero-order valence-corrected chi connectivity index (χ0v) is 16.7. The molecular formula is C24H19N3O4. The molecule has 0 saturated carbocycles. The molecule has 0 aliphatic carbocycles. The maximum absolute atomic E-state index is 13.5. The predicted molar refractivity (Wildman–Crippen MR) is 119 cm³/mol. The highest BCUT2D eigenvalue weighted by Gasteiger charge is 2.39. The van der Waals surface area contributed by atoms with Crippen LogP contribution in [0.4, 0.5) is 0 Å². The van der Waals surface area contributed by atoms with Crippen molar-refractivity contribution in [3.8, 4) is 0 Å². The number of nitrogens with zero attached hydrogens (tertiary/aromatic N) is 2. The van der Waals surface area contributed by atoms with Gasteiger partial charge in [-0.1, -0.05) is 54.6 Å². The average Bonchev–Trinajstić information content (AvgIpc) is 3.10. The Morgan fingerprint density at radius 1 is 0.903 bits per heavy atom. The highest BCUT2D eigenvalue weighted by atomic mass is 16.5. The molecule has 3 aromatic carbocycles. The summed E-state index contributed by atoms with van der Waals surface area (Å²) in [7, 11) is 0. The lowest BCUT2D eigenvalue weighted by molar-refractivity contribution is -0.138. The van der Waals surface area contributed by atoms with E-state index in [1.165, 1.54) is 4.68 Å². The molecule has 0 amide bonds. The molecule has 0 bridgehead atoms. The number of benzene rings is 3. The first kappa shape index (κ1) is 18.9. The highest BCUT2D eigenvalue weighted by Crippen LogP contribution is 2.37. The molecule has 154 valence electrons. The zero-order valence-electron chi connectivity index (χ0n) is 16.7. The second kappa shape index (κ2) is 6.98. The predicted octanol–water partition coefficient (Wildman–Crippen LogP) is 2.61. The van der Waals surface area contributed by atoms with Gasteiger partial charge in [-0.3, -0.25) is 9.59 Å². The minimum Gasteiger partial charge on any atom is -0.462 e. The van der Waals surface area contributed by atoms with E-state index in [-0.39, 0.29) is 28.8 Å². The minimum atomic E-state index is -0.894. The Balaban J connectivity index is 1.93. The molecule has 0 saturated heterocycles. The largest absolute Gasteiger partial charge is 0.462 e. The van der Waals surface area contributed by atoms with Gasteiger partial charge >= 0.3 is 5.97 Å². The Kier molecular flexibility index (Phi) is 4.25. The molecule has 1 aliphatic rings. The van der Waals surface area contributed by atoms with Crippen molar-refractivity contribution in [2.24, 2.45) is 5.73 Å². The van der Waals surface area contributed by atoms with Gasteiger partial charge in [-0.05, 0) is 35.4 Å². The molecule has 1 aliphatic heterocycles. The molecule has 0 fully saturated rings. The van der Waals surface area contributed by atoms with E-state index in [1.54, 1.807) is 31.2 Å². The first-order valence-corrected chi connectivity index (χ1v) is 9.96. The summed E-state index contributed by atoms with van der Waals surface area (Å²) in [6.45, 7) is 1.83. The van der Waals surface area contributed by atoms with Gasteiger partial charge in [-0.15, -0.1) is 0 Å². The summed E-state index contributed by atoms with van der Waals surface area (Å²) in [5, 5.41) is 2.31. The number of hydrogen-bond donors (Lipinski definition) is 1. The Morgan fingerprint density at radius 3 is 2.23 bits per heavy atom. The van der Waals surface area contributed by atoms with Crippen molar-refractivity contribution in [1.29, 1.82) is 0 Å². The number of fused-ring (bicyclic) bond motifs is 3. The Bertz CT molecular complexity index is 1520. The van der Waals surface area contributed by atoms with Gasteiger partial charge in [0.05, 0.1) is 17.4 Å². The van der Waals surface area contributed by atoms with Crippen LogP contribution in [0.2, 0.25) is 0 Å². The van der Waals surface area contributed by atoms with Gasteiger partial charge in [-0.25, -0.2) is 9.48 Å². The van der Waals surface area contributed by atoms with Crippen LogP contribution in [0.5, 0.6) is 0 Å². The summed E-state index contributed by atoms with van der Waals surface area (Å²) < 4.78 is 7.63. The van der Waals surface area contributed by atoms with Crippen LogP contribution in [0.15, 0.2) is 81.9 Å². The number of esters is 1. The summed E-state index contributed by atoms with van der Waals surface area (Å²) in [5.74, 6) is -0.749. The highest BCUT2D eigenvalue weighted by molar-refractivity contribution is 5.99. The standard InChI is InChI=1S/C24H19N3O4/c1-2-31-24(30)19-20(16-13-7-9-14-8-3-4-10-15(14)16)26-22(28)17-11-5-6-12-18(17)23(29)27(26)21(19)25/h3-13,20H,2,25H2,1H3. The minimum absolute atomic E-state index is 0.0766. The van der Waals surface area contributed by atoms with E-state index >= 15 is 0 Å². The smallest absolute Gasteiger partial charge is 0.340 e. The van der Waals surface area contributed by atoms with Crippen LogP contribution in [0, 0.1) is 0 Å². The molecule has 7 heteroatoms. The van der Waals surface area contributed by atoms with Crippen LogP contribution in [0.1, 0.15) is 18.5 Å². The molecule has 7 nitrogen and oxygen atoms in total. The van der Waals surface area contributed by atoms with Crippen LogP contribution < -0.4 is 16.9 Å². The topological polar surface area (TPSA) is 96.3 Å². The molecule has 1 unspecified atom stereocenters. The Morgan fingerprint density at radius 2 is 1.52 bits per heavy atom. The van der Waals surface area contributed by atoms with Gasteiger partial charge in [0.2, 0.25) is 0 Å². The van der Waals surface area contributed by atoms with Crippen molar-refractivity contribution in [3.63, 3.8) is 0 Å². The van der Waals surface area contributed by atoms with E-state index in [0.29, 0.717) is 5.56 Å². The lowest BCUT2D eigenvalue weighted by Gasteiger charge is -2.19. The third-order valence-electron chi connectivity index (χ3n) is 5.64. The van der Waals surface area contributed by atoms with Crippen LogP contribution in [-0.2, 0) is 9.53 Å². The summed E-state index contributed by atoms with van der Waals surface area (Å²) >= 11 is 0. The lowest BCUT2D eigenvalue weighted by atomic mass is 9.94. The second-order valence-corrected chi connectivity index (χ2v) is 7.30. The molecule has 31 heavy (non-hydrogen) atoms. The Hall–Kier alpha value is -4.13. The number of carbonyl (C=O) groups excluding carboxylic acids is 1. The van der Waals surface area contributed by atoms with E-state index in [0.717, 1.165) is 15.5 Å². The van der Waals surface area contributed by atoms with Gasteiger partial charge in [0.25, 0.3) is 11.1 Å². The van der Waals surface area contributed by atoms with Gasteiger partial charge in [-0.2, -0.15) is 4.68 Å². The van der Waals surface area contributed by atoms with Gasteiger partial charge in [0, 0.05) is 0 Å².